The lowest BCUT2D eigenvalue weighted by Gasteiger charge is -2.21. The molecular weight excluding hydrogens is 390 g/mol. The van der Waals surface area contributed by atoms with Gasteiger partial charge in [-0.15, -0.1) is 0 Å². The summed E-state index contributed by atoms with van der Waals surface area (Å²) in [5.74, 6) is 0.257. The van der Waals surface area contributed by atoms with Crippen LogP contribution in [0.1, 0.15) is 5.82 Å². The molecule has 9 heteroatoms. The average molecular weight is 408 g/mol. The van der Waals surface area contributed by atoms with Crippen molar-refractivity contribution in [2.24, 2.45) is 0 Å². The van der Waals surface area contributed by atoms with Gasteiger partial charge in [0.15, 0.2) is 0 Å². The number of hydrogen-bond donors (Lipinski definition) is 1. The number of halogens is 1. The van der Waals surface area contributed by atoms with Crippen molar-refractivity contribution in [1.82, 2.24) is 14.3 Å². The van der Waals surface area contributed by atoms with Crippen LogP contribution in [0.4, 0.5) is 0 Å². The fraction of sp³-hybridized carbons (Fsp3) is 0.222. The zero-order valence-electron chi connectivity index (χ0n) is 14.6. The molecule has 0 radical (unpaired) electrons. The number of aromatic amines is 1. The van der Waals surface area contributed by atoms with E-state index in [2.05, 4.69) is 9.97 Å². The summed E-state index contributed by atoms with van der Waals surface area (Å²) in [5, 5.41) is 0.892. The lowest BCUT2D eigenvalue weighted by molar-refractivity contribution is 0.176. The first kappa shape index (κ1) is 19.5. The lowest BCUT2D eigenvalue weighted by Crippen LogP contribution is -2.34. The lowest BCUT2D eigenvalue weighted by atomic mass is 10.2. The van der Waals surface area contributed by atoms with Crippen molar-refractivity contribution in [3.63, 3.8) is 0 Å². The van der Waals surface area contributed by atoms with Crippen LogP contribution in [0.2, 0.25) is 5.02 Å². The number of aromatic nitrogens is 2. The topological polar surface area (TPSA) is 92.4 Å². The molecule has 0 aliphatic carbocycles. The Hall–Kier alpha value is -2.26. The van der Waals surface area contributed by atoms with Gasteiger partial charge in [-0.3, -0.25) is 4.79 Å². The van der Waals surface area contributed by atoms with Gasteiger partial charge < -0.3 is 9.72 Å². The minimum atomic E-state index is -3.82. The molecule has 1 aromatic heterocycles. The third kappa shape index (κ3) is 4.36. The van der Waals surface area contributed by atoms with Crippen LogP contribution >= 0.6 is 11.6 Å². The molecule has 2 aromatic carbocycles. The van der Waals surface area contributed by atoms with E-state index in [0.29, 0.717) is 15.9 Å². The van der Waals surface area contributed by atoms with Crippen molar-refractivity contribution < 1.29 is 13.2 Å². The number of rotatable bonds is 7. The molecule has 0 atom stereocenters. The highest BCUT2D eigenvalue weighted by Gasteiger charge is 2.25. The second-order valence-electron chi connectivity index (χ2n) is 5.82. The number of para-hydroxylation sites is 1. The minimum absolute atomic E-state index is 0.0889. The molecule has 3 aromatic rings. The molecule has 0 fully saturated rings. The fourth-order valence-corrected chi connectivity index (χ4v) is 4.12. The summed E-state index contributed by atoms with van der Waals surface area (Å²) in [7, 11) is -2.33. The van der Waals surface area contributed by atoms with Gasteiger partial charge >= 0.3 is 0 Å². The summed E-state index contributed by atoms with van der Waals surface area (Å²) in [6, 6.07) is 12.8. The van der Waals surface area contributed by atoms with Crippen molar-refractivity contribution in [1.29, 1.82) is 0 Å². The molecule has 1 heterocycles. The van der Waals surface area contributed by atoms with E-state index in [1.54, 1.807) is 24.3 Å². The third-order valence-corrected chi connectivity index (χ3v) is 6.10. The summed E-state index contributed by atoms with van der Waals surface area (Å²) >= 11 is 5.85. The summed E-state index contributed by atoms with van der Waals surface area (Å²) < 4.78 is 32.3. The standard InChI is InChI=1S/C18H18ClN3O4S/c1-26-11-10-22(27(24,25)14-8-6-13(19)7-9-14)12-17-20-16-5-3-2-4-15(16)18(23)21-17/h2-9H,10-12H2,1H3,(H,20,21,23). The first-order chi connectivity index (χ1) is 12.9. The zero-order chi connectivity index (χ0) is 19.4. The van der Waals surface area contributed by atoms with Gasteiger partial charge in [0.2, 0.25) is 10.0 Å². The van der Waals surface area contributed by atoms with Crippen LogP contribution in [-0.4, -0.2) is 43.0 Å². The molecule has 0 saturated heterocycles. The predicted octanol–water partition coefficient (Wildman–Crippen LogP) is 2.41. The number of nitrogens with zero attached hydrogens (tertiary/aromatic N) is 2. The van der Waals surface area contributed by atoms with Crippen LogP contribution < -0.4 is 5.56 Å². The third-order valence-electron chi connectivity index (χ3n) is 3.98. The first-order valence-corrected chi connectivity index (χ1v) is 9.96. The molecule has 142 valence electrons. The molecule has 3 rings (SSSR count). The summed E-state index contributed by atoms with van der Waals surface area (Å²) in [5.41, 5.74) is 0.193. The average Bonchev–Trinajstić information content (AvgIpc) is 2.65. The Morgan fingerprint density at radius 3 is 2.56 bits per heavy atom. The van der Waals surface area contributed by atoms with Crippen molar-refractivity contribution in [3.8, 4) is 0 Å². The molecule has 0 unspecified atom stereocenters. The van der Waals surface area contributed by atoms with Gasteiger partial charge in [-0.05, 0) is 36.4 Å². The van der Waals surface area contributed by atoms with Crippen molar-refractivity contribution in [2.45, 2.75) is 11.4 Å². The molecule has 7 nitrogen and oxygen atoms in total. The second kappa shape index (κ2) is 8.18. The van der Waals surface area contributed by atoms with Gasteiger partial charge in [0.05, 0.1) is 29.0 Å². The Labute approximate surface area is 161 Å². The highest BCUT2D eigenvalue weighted by atomic mass is 35.5. The number of nitrogens with one attached hydrogen (secondary N) is 1. The van der Waals surface area contributed by atoms with Crippen LogP contribution in [0, 0.1) is 0 Å². The number of sulfonamides is 1. The minimum Gasteiger partial charge on any atom is -0.383 e. The van der Waals surface area contributed by atoms with Crippen molar-refractivity contribution in [3.05, 3.63) is 69.7 Å². The highest BCUT2D eigenvalue weighted by molar-refractivity contribution is 7.89. The quantitative estimate of drug-likeness (QED) is 0.649. The molecule has 1 N–H and O–H groups in total. The van der Waals surface area contributed by atoms with Crippen LogP contribution in [0.3, 0.4) is 0 Å². The van der Waals surface area contributed by atoms with E-state index in [9.17, 15) is 13.2 Å². The maximum atomic E-state index is 13.0. The van der Waals surface area contributed by atoms with Crippen LogP contribution in [0.15, 0.2) is 58.2 Å². The smallest absolute Gasteiger partial charge is 0.258 e. The van der Waals surface area contributed by atoms with Crippen LogP contribution in [-0.2, 0) is 21.3 Å². The van der Waals surface area contributed by atoms with Gasteiger partial charge in [-0.1, -0.05) is 23.7 Å². The summed E-state index contributed by atoms with van der Waals surface area (Å²) in [6.45, 7) is 0.219. The largest absolute Gasteiger partial charge is 0.383 e. The molecule has 0 aliphatic rings. The number of methoxy groups -OCH3 is 1. The van der Waals surface area contributed by atoms with Gasteiger partial charge in [0, 0.05) is 18.7 Å². The molecular formula is C18H18ClN3O4S. The Bertz CT molecular complexity index is 1100. The number of benzene rings is 2. The van der Waals surface area contributed by atoms with E-state index in [1.807, 2.05) is 0 Å². The molecule has 0 spiro atoms. The van der Waals surface area contributed by atoms with E-state index in [4.69, 9.17) is 16.3 Å². The number of ether oxygens (including phenoxy) is 1. The first-order valence-electron chi connectivity index (χ1n) is 8.14. The Morgan fingerprint density at radius 1 is 1.15 bits per heavy atom. The zero-order valence-corrected chi connectivity index (χ0v) is 16.1. The van der Waals surface area contributed by atoms with Crippen molar-refractivity contribution in [2.75, 3.05) is 20.3 Å². The molecule has 0 saturated carbocycles. The summed E-state index contributed by atoms with van der Waals surface area (Å²) in [6.07, 6.45) is 0. The van der Waals surface area contributed by atoms with E-state index >= 15 is 0 Å². The predicted molar refractivity (Wildman–Crippen MR) is 103 cm³/mol. The van der Waals surface area contributed by atoms with E-state index in [1.165, 1.54) is 35.7 Å². The second-order valence-corrected chi connectivity index (χ2v) is 8.19. The SMILES string of the molecule is COCCN(Cc1nc2ccccc2c(=O)[nH]1)S(=O)(=O)c1ccc(Cl)cc1. The number of fused-ring (bicyclic) bond motifs is 1. The van der Waals surface area contributed by atoms with Gasteiger partial charge in [0.1, 0.15) is 5.82 Å². The monoisotopic (exact) mass is 407 g/mol. The molecule has 27 heavy (non-hydrogen) atoms. The van der Waals surface area contributed by atoms with E-state index < -0.39 is 10.0 Å². The fourth-order valence-electron chi connectivity index (χ4n) is 2.61. The normalized spacial score (nSPS) is 12.0. The van der Waals surface area contributed by atoms with Crippen LogP contribution in [0.5, 0.6) is 0 Å². The maximum absolute atomic E-state index is 13.0. The molecule has 0 amide bonds. The Morgan fingerprint density at radius 2 is 1.85 bits per heavy atom. The maximum Gasteiger partial charge on any atom is 0.258 e. The molecule has 0 bridgehead atoms. The van der Waals surface area contributed by atoms with Gasteiger partial charge in [-0.2, -0.15) is 4.31 Å². The Balaban J connectivity index is 1.98. The van der Waals surface area contributed by atoms with E-state index in [0.717, 1.165) is 0 Å². The Kier molecular flexibility index (Phi) is 5.91. The molecule has 0 aliphatic heterocycles. The van der Waals surface area contributed by atoms with Gasteiger partial charge in [0.25, 0.3) is 5.56 Å². The van der Waals surface area contributed by atoms with Crippen LogP contribution in [0.25, 0.3) is 10.9 Å². The van der Waals surface area contributed by atoms with Gasteiger partial charge in [-0.25, -0.2) is 13.4 Å². The highest BCUT2D eigenvalue weighted by Crippen LogP contribution is 2.20. The number of H-pyrrole nitrogens is 1. The van der Waals surface area contributed by atoms with E-state index in [-0.39, 0.29) is 36.0 Å². The van der Waals surface area contributed by atoms with Crippen molar-refractivity contribution >= 4 is 32.5 Å². The summed E-state index contributed by atoms with van der Waals surface area (Å²) in [4.78, 5) is 19.4. The number of hydrogen-bond acceptors (Lipinski definition) is 5.